The highest BCUT2D eigenvalue weighted by atomic mass is 32.1. The molecule has 1 aromatic heterocycles. The van der Waals surface area contributed by atoms with Crippen molar-refractivity contribution in [1.29, 1.82) is 0 Å². The van der Waals surface area contributed by atoms with Gasteiger partial charge in [0.1, 0.15) is 0 Å². The van der Waals surface area contributed by atoms with Crippen LogP contribution in [0.15, 0.2) is 0 Å². The van der Waals surface area contributed by atoms with Crippen LogP contribution in [0.2, 0.25) is 0 Å². The molecule has 2 heterocycles. The minimum atomic E-state index is -0.0276. The first-order valence-corrected chi connectivity index (χ1v) is 5.90. The van der Waals surface area contributed by atoms with Crippen LogP contribution >= 0.6 is 11.3 Å². The highest BCUT2D eigenvalue weighted by molar-refractivity contribution is 7.16. The van der Waals surface area contributed by atoms with Crippen molar-refractivity contribution >= 4 is 22.4 Å². The van der Waals surface area contributed by atoms with Gasteiger partial charge in [-0.15, -0.1) is 10.2 Å². The summed E-state index contributed by atoms with van der Waals surface area (Å²) in [5, 5.41) is 8.17. The summed E-state index contributed by atoms with van der Waals surface area (Å²) in [6.07, 6.45) is 2.22. The van der Waals surface area contributed by atoms with Gasteiger partial charge in [0.2, 0.25) is 10.1 Å². The first-order valence-electron chi connectivity index (χ1n) is 5.09. The fourth-order valence-electron chi connectivity index (χ4n) is 1.81. The molecule has 1 saturated heterocycles. The lowest BCUT2D eigenvalue weighted by Gasteiger charge is -2.13. The summed E-state index contributed by atoms with van der Waals surface area (Å²) in [5.74, 6) is 0.611. The molecule has 0 aliphatic carbocycles. The third-order valence-corrected chi connectivity index (χ3v) is 3.51. The zero-order valence-corrected chi connectivity index (χ0v) is 9.46. The Morgan fingerprint density at radius 2 is 2.47 bits per heavy atom. The van der Waals surface area contributed by atoms with Crippen molar-refractivity contribution in [3.05, 3.63) is 5.01 Å². The maximum absolute atomic E-state index is 11.9. The quantitative estimate of drug-likeness (QED) is 0.816. The number of amides is 1. The van der Waals surface area contributed by atoms with Gasteiger partial charge >= 0.3 is 0 Å². The number of nitrogens with two attached hydrogens (primary N) is 1. The molecule has 5 nitrogen and oxygen atoms in total. The molecular weight excluding hydrogens is 212 g/mol. The smallest absolute Gasteiger partial charge is 0.284 e. The van der Waals surface area contributed by atoms with E-state index < -0.39 is 0 Å². The molecule has 82 valence electrons. The van der Waals surface area contributed by atoms with Gasteiger partial charge in [0.15, 0.2) is 0 Å². The Labute approximate surface area is 92.3 Å². The monoisotopic (exact) mass is 226 g/mol. The van der Waals surface area contributed by atoms with Gasteiger partial charge in [0, 0.05) is 13.1 Å². The first kappa shape index (κ1) is 10.4. The number of rotatable bonds is 2. The number of hydrogen-bond acceptors (Lipinski definition) is 5. The van der Waals surface area contributed by atoms with Gasteiger partial charge in [-0.3, -0.25) is 4.79 Å². The van der Waals surface area contributed by atoms with Crippen molar-refractivity contribution in [2.24, 2.45) is 5.92 Å². The maximum Gasteiger partial charge on any atom is 0.284 e. The second-order valence-corrected chi connectivity index (χ2v) is 4.77. The largest absolute Gasteiger partial charge is 0.374 e. The molecule has 1 aliphatic rings. The molecule has 1 aliphatic heterocycles. The minimum absolute atomic E-state index is 0.0276. The topological polar surface area (TPSA) is 72.1 Å². The van der Waals surface area contributed by atoms with E-state index in [1.54, 1.807) is 0 Å². The number of nitrogen functional groups attached to an aromatic ring is 1. The number of likely N-dealkylation sites (tertiary alicyclic amines) is 1. The van der Waals surface area contributed by atoms with Gasteiger partial charge in [-0.05, 0) is 12.3 Å². The Morgan fingerprint density at radius 1 is 1.67 bits per heavy atom. The summed E-state index contributed by atoms with van der Waals surface area (Å²) < 4.78 is 0. The number of anilines is 1. The van der Waals surface area contributed by atoms with Gasteiger partial charge in [-0.25, -0.2) is 0 Å². The van der Waals surface area contributed by atoms with Crippen LogP contribution in [-0.2, 0) is 0 Å². The van der Waals surface area contributed by atoms with Gasteiger partial charge in [-0.2, -0.15) is 0 Å². The molecule has 0 bridgehead atoms. The highest BCUT2D eigenvalue weighted by Gasteiger charge is 2.27. The Morgan fingerprint density at radius 3 is 3.00 bits per heavy atom. The normalized spacial score (nSPS) is 20.9. The summed E-state index contributed by atoms with van der Waals surface area (Å²) in [7, 11) is 0. The standard InChI is InChI=1S/C9H14N4OS/c1-2-6-3-4-13(5-6)8(14)7-11-12-9(10)15-7/h6H,2-5H2,1H3,(H2,10,12). The number of nitrogens with zero attached hydrogens (tertiary/aromatic N) is 3. The molecule has 15 heavy (non-hydrogen) atoms. The molecule has 1 atom stereocenters. The SMILES string of the molecule is CCC1CCN(C(=O)c2nnc(N)s2)C1. The number of carbonyl (C=O) groups excluding carboxylic acids is 1. The van der Waals surface area contributed by atoms with Crippen LogP contribution in [0.25, 0.3) is 0 Å². The number of hydrogen-bond donors (Lipinski definition) is 1. The van der Waals surface area contributed by atoms with Crippen molar-refractivity contribution in [2.75, 3.05) is 18.8 Å². The molecular formula is C9H14N4OS. The van der Waals surface area contributed by atoms with Crippen LogP contribution < -0.4 is 5.73 Å². The van der Waals surface area contributed by atoms with Gasteiger partial charge in [0.05, 0.1) is 0 Å². The van der Waals surface area contributed by atoms with E-state index >= 15 is 0 Å². The third-order valence-electron chi connectivity index (χ3n) is 2.77. The third kappa shape index (κ3) is 2.09. The van der Waals surface area contributed by atoms with Crippen LogP contribution in [0.1, 0.15) is 29.6 Å². The predicted octanol–water partition coefficient (Wildman–Crippen LogP) is 0.992. The van der Waals surface area contributed by atoms with Crippen molar-refractivity contribution < 1.29 is 4.79 Å². The minimum Gasteiger partial charge on any atom is -0.374 e. The predicted molar refractivity (Wildman–Crippen MR) is 58.6 cm³/mol. The van der Waals surface area contributed by atoms with Gasteiger partial charge < -0.3 is 10.6 Å². The zero-order valence-electron chi connectivity index (χ0n) is 8.64. The average molecular weight is 226 g/mol. The van der Waals surface area contributed by atoms with Crippen LogP contribution in [0.5, 0.6) is 0 Å². The van der Waals surface area contributed by atoms with E-state index in [1.165, 1.54) is 0 Å². The molecule has 0 saturated carbocycles. The van der Waals surface area contributed by atoms with E-state index in [4.69, 9.17) is 5.73 Å². The maximum atomic E-state index is 11.9. The fraction of sp³-hybridized carbons (Fsp3) is 0.667. The van der Waals surface area contributed by atoms with E-state index in [0.717, 1.165) is 37.3 Å². The van der Waals surface area contributed by atoms with Crippen LogP contribution in [-0.4, -0.2) is 34.1 Å². The van der Waals surface area contributed by atoms with Gasteiger partial charge in [0.25, 0.3) is 5.91 Å². The molecule has 1 fully saturated rings. The molecule has 0 spiro atoms. The van der Waals surface area contributed by atoms with Crippen molar-refractivity contribution in [3.8, 4) is 0 Å². The Balaban J connectivity index is 2.03. The molecule has 1 aromatic rings. The van der Waals surface area contributed by atoms with Crippen LogP contribution in [0.3, 0.4) is 0 Å². The fourth-order valence-corrected chi connectivity index (χ4v) is 2.38. The lowest BCUT2D eigenvalue weighted by atomic mass is 10.1. The average Bonchev–Trinajstić information content (AvgIpc) is 2.84. The molecule has 2 rings (SSSR count). The number of carbonyl (C=O) groups is 1. The first-order chi connectivity index (χ1) is 7.20. The van der Waals surface area contributed by atoms with Crippen molar-refractivity contribution in [2.45, 2.75) is 19.8 Å². The molecule has 2 N–H and O–H groups in total. The van der Waals surface area contributed by atoms with E-state index in [1.807, 2.05) is 4.90 Å². The summed E-state index contributed by atoms with van der Waals surface area (Å²) in [5.41, 5.74) is 5.44. The highest BCUT2D eigenvalue weighted by Crippen LogP contribution is 2.22. The zero-order chi connectivity index (χ0) is 10.8. The van der Waals surface area contributed by atoms with Crippen molar-refractivity contribution in [1.82, 2.24) is 15.1 Å². The number of aromatic nitrogens is 2. The van der Waals surface area contributed by atoms with Crippen LogP contribution in [0, 0.1) is 5.92 Å². The summed E-state index contributed by atoms with van der Waals surface area (Å²) in [6, 6.07) is 0. The second kappa shape index (κ2) is 4.14. The Bertz CT molecular complexity index is 365. The van der Waals surface area contributed by atoms with E-state index in [2.05, 4.69) is 17.1 Å². The molecule has 6 heteroatoms. The summed E-state index contributed by atoms with van der Waals surface area (Å²) >= 11 is 1.16. The van der Waals surface area contributed by atoms with Crippen LogP contribution in [0.4, 0.5) is 5.13 Å². The van der Waals surface area contributed by atoms with E-state index in [-0.39, 0.29) is 5.91 Å². The van der Waals surface area contributed by atoms with E-state index in [0.29, 0.717) is 16.1 Å². The second-order valence-electron chi connectivity index (χ2n) is 3.76. The Hall–Kier alpha value is -1.17. The van der Waals surface area contributed by atoms with Gasteiger partial charge in [-0.1, -0.05) is 24.7 Å². The molecule has 0 aromatic carbocycles. The lowest BCUT2D eigenvalue weighted by molar-refractivity contribution is 0.0785. The molecule has 0 radical (unpaired) electrons. The van der Waals surface area contributed by atoms with Crippen molar-refractivity contribution in [3.63, 3.8) is 0 Å². The van der Waals surface area contributed by atoms with E-state index in [9.17, 15) is 4.79 Å². The molecule has 1 unspecified atom stereocenters. The Kier molecular flexibility index (Phi) is 2.86. The molecule has 1 amide bonds. The summed E-state index contributed by atoms with van der Waals surface area (Å²) in [4.78, 5) is 13.7. The lowest BCUT2D eigenvalue weighted by Crippen LogP contribution is -2.28. The summed E-state index contributed by atoms with van der Waals surface area (Å²) in [6.45, 7) is 3.83.